The number of amides is 1. The molecule has 2 aromatic heterocycles. The van der Waals surface area contributed by atoms with E-state index in [2.05, 4.69) is 16.4 Å². The van der Waals surface area contributed by atoms with Gasteiger partial charge in [-0.25, -0.2) is 4.98 Å². The van der Waals surface area contributed by atoms with Crippen molar-refractivity contribution >= 4 is 44.2 Å². The summed E-state index contributed by atoms with van der Waals surface area (Å²) in [5, 5.41) is 3.94. The quantitative estimate of drug-likeness (QED) is 0.781. The number of halogens is 1. The van der Waals surface area contributed by atoms with Gasteiger partial charge < -0.3 is 4.57 Å². The lowest BCUT2D eigenvalue weighted by molar-refractivity contribution is 0.101. The van der Waals surface area contributed by atoms with Gasteiger partial charge in [0.25, 0.3) is 5.91 Å². The van der Waals surface area contributed by atoms with Crippen LogP contribution in [-0.4, -0.2) is 15.5 Å². The summed E-state index contributed by atoms with van der Waals surface area (Å²) in [7, 11) is 1.78. The lowest BCUT2D eigenvalue weighted by Gasteiger charge is -2.01. The minimum atomic E-state index is -0.213. The van der Waals surface area contributed by atoms with Crippen LogP contribution in [0.4, 0.5) is 5.13 Å². The number of carbonyl (C=O) groups is 1. The molecule has 0 saturated heterocycles. The van der Waals surface area contributed by atoms with Crippen LogP contribution in [0.2, 0.25) is 5.02 Å². The minimum Gasteiger partial charge on any atom is -0.345 e. The molecule has 1 aromatic carbocycles. The van der Waals surface area contributed by atoms with Gasteiger partial charge in [0.2, 0.25) is 0 Å². The van der Waals surface area contributed by atoms with E-state index in [0.29, 0.717) is 15.8 Å². The molecule has 0 fully saturated rings. The molecule has 1 N–H and O–H groups in total. The molecule has 0 radical (unpaired) electrons. The minimum absolute atomic E-state index is 0.213. The number of nitrogens with one attached hydrogen (secondary N) is 1. The third-order valence-corrected chi connectivity index (χ3v) is 4.11. The zero-order valence-corrected chi connectivity index (χ0v) is 12.5. The SMILES string of the molecule is Cc1ccc2nc(NC(=O)c3cc(Cl)cn3C)sc2c1. The molecule has 0 aliphatic carbocycles. The molecule has 20 heavy (non-hydrogen) atoms. The van der Waals surface area contributed by atoms with Gasteiger partial charge in [0.1, 0.15) is 5.69 Å². The van der Waals surface area contributed by atoms with Crippen LogP contribution >= 0.6 is 22.9 Å². The van der Waals surface area contributed by atoms with E-state index in [1.54, 1.807) is 23.9 Å². The highest BCUT2D eigenvalue weighted by Crippen LogP contribution is 2.27. The Labute approximate surface area is 125 Å². The summed E-state index contributed by atoms with van der Waals surface area (Å²) in [4.78, 5) is 16.6. The molecule has 3 rings (SSSR count). The van der Waals surface area contributed by atoms with Gasteiger partial charge in [-0.15, -0.1) is 0 Å². The van der Waals surface area contributed by atoms with Crippen LogP contribution in [0.15, 0.2) is 30.5 Å². The van der Waals surface area contributed by atoms with E-state index in [9.17, 15) is 4.79 Å². The average Bonchev–Trinajstić information content (AvgIpc) is 2.91. The van der Waals surface area contributed by atoms with Crippen LogP contribution < -0.4 is 5.32 Å². The predicted molar refractivity (Wildman–Crippen MR) is 82.7 cm³/mol. The first kappa shape index (κ1) is 13.1. The fourth-order valence-electron chi connectivity index (χ4n) is 2.00. The van der Waals surface area contributed by atoms with Crippen molar-refractivity contribution in [1.29, 1.82) is 0 Å². The van der Waals surface area contributed by atoms with Gasteiger partial charge in [0, 0.05) is 13.2 Å². The Hall–Kier alpha value is -1.85. The molecule has 0 aliphatic heterocycles. The van der Waals surface area contributed by atoms with Crippen LogP contribution in [-0.2, 0) is 7.05 Å². The van der Waals surface area contributed by atoms with Crippen molar-refractivity contribution in [3.05, 3.63) is 46.7 Å². The van der Waals surface area contributed by atoms with Crippen LogP contribution in [0.1, 0.15) is 16.1 Å². The van der Waals surface area contributed by atoms with Crippen molar-refractivity contribution in [2.75, 3.05) is 5.32 Å². The summed E-state index contributed by atoms with van der Waals surface area (Å²) in [5.41, 5.74) is 2.57. The van der Waals surface area contributed by atoms with Gasteiger partial charge in [-0.2, -0.15) is 0 Å². The second kappa shape index (κ2) is 4.92. The first-order valence-electron chi connectivity index (χ1n) is 6.03. The fraction of sp³-hybridized carbons (Fsp3) is 0.143. The van der Waals surface area contributed by atoms with E-state index in [0.717, 1.165) is 10.2 Å². The lowest BCUT2D eigenvalue weighted by atomic mass is 10.2. The molecule has 3 aromatic rings. The van der Waals surface area contributed by atoms with E-state index < -0.39 is 0 Å². The molecule has 4 nitrogen and oxygen atoms in total. The summed E-state index contributed by atoms with van der Waals surface area (Å²) in [6, 6.07) is 7.65. The molecule has 0 bridgehead atoms. The van der Waals surface area contributed by atoms with E-state index >= 15 is 0 Å². The Bertz CT molecular complexity index is 806. The topological polar surface area (TPSA) is 46.9 Å². The number of benzene rings is 1. The van der Waals surface area contributed by atoms with E-state index in [1.165, 1.54) is 16.9 Å². The van der Waals surface area contributed by atoms with Crippen LogP contribution in [0.25, 0.3) is 10.2 Å². The number of carbonyl (C=O) groups excluding carboxylic acids is 1. The van der Waals surface area contributed by atoms with Gasteiger partial charge in [-0.05, 0) is 30.7 Å². The average molecular weight is 306 g/mol. The summed E-state index contributed by atoms with van der Waals surface area (Å²) in [6.07, 6.45) is 1.69. The number of fused-ring (bicyclic) bond motifs is 1. The highest BCUT2D eigenvalue weighted by molar-refractivity contribution is 7.22. The summed E-state index contributed by atoms with van der Waals surface area (Å²) < 4.78 is 2.75. The number of anilines is 1. The number of rotatable bonds is 2. The summed E-state index contributed by atoms with van der Waals surface area (Å²) in [5.74, 6) is -0.213. The van der Waals surface area contributed by atoms with Gasteiger partial charge in [-0.1, -0.05) is 29.0 Å². The number of nitrogens with zero attached hydrogens (tertiary/aromatic N) is 2. The normalized spacial score (nSPS) is 10.9. The number of thiazole rings is 1. The summed E-state index contributed by atoms with van der Waals surface area (Å²) in [6.45, 7) is 2.03. The fourth-order valence-corrected chi connectivity index (χ4v) is 3.21. The van der Waals surface area contributed by atoms with Crippen LogP contribution in [0.3, 0.4) is 0 Å². The second-order valence-electron chi connectivity index (χ2n) is 4.60. The number of aryl methyl sites for hydroxylation is 2. The highest BCUT2D eigenvalue weighted by atomic mass is 35.5. The Morgan fingerprint density at radius 2 is 2.20 bits per heavy atom. The molecule has 0 atom stereocenters. The lowest BCUT2D eigenvalue weighted by Crippen LogP contribution is -2.15. The number of hydrogen-bond donors (Lipinski definition) is 1. The van der Waals surface area contributed by atoms with Crippen molar-refractivity contribution in [2.24, 2.45) is 7.05 Å². The predicted octanol–water partition coefficient (Wildman–Crippen LogP) is 3.85. The Morgan fingerprint density at radius 1 is 1.40 bits per heavy atom. The molecule has 2 heterocycles. The standard InChI is InChI=1S/C14H12ClN3OS/c1-8-3-4-10-12(5-8)20-14(16-10)17-13(19)11-6-9(15)7-18(11)2/h3-7H,1-2H3,(H,16,17,19). The Morgan fingerprint density at radius 3 is 2.90 bits per heavy atom. The van der Waals surface area contributed by atoms with Crippen molar-refractivity contribution in [2.45, 2.75) is 6.92 Å². The molecule has 0 aliphatic rings. The Balaban J connectivity index is 1.89. The van der Waals surface area contributed by atoms with Gasteiger partial charge in [0.15, 0.2) is 5.13 Å². The largest absolute Gasteiger partial charge is 0.345 e. The highest BCUT2D eigenvalue weighted by Gasteiger charge is 2.13. The zero-order chi connectivity index (χ0) is 14.3. The van der Waals surface area contributed by atoms with Gasteiger partial charge in [0.05, 0.1) is 15.2 Å². The smallest absolute Gasteiger partial charge is 0.274 e. The van der Waals surface area contributed by atoms with Crippen molar-refractivity contribution in [3.8, 4) is 0 Å². The molecule has 0 unspecified atom stereocenters. The van der Waals surface area contributed by atoms with Crippen molar-refractivity contribution in [3.63, 3.8) is 0 Å². The first-order chi connectivity index (χ1) is 9.52. The third kappa shape index (κ3) is 2.42. The van der Waals surface area contributed by atoms with Crippen LogP contribution in [0.5, 0.6) is 0 Å². The van der Waals surface area contributed by atoms with Gasteiger partial charge >= 0.3 is 0 Å². The van der Waals surface area contributed by atoms with Gasteiger partial charge in [-0.3, -0.25) is 10.1 Å². The molecule has 0 saturated carbocycles. The molecular weight excluding hydrogens is 294 g/mol. The third-order valence-electron chi connectivity index (χ3n) is 2.97. The maximum Gasteiger partial charge on any atom is 0.274 e. The second-order valence-corrected chi connectivity index (χ2v) is 6.07. The van der Waals surface area contributed by atoms with Crippen molar-refractivity contribution < 1.29 is 4.79 Å². The summed E-state index contributed by atoms with van der Waals surface area (Å²) >= 11 is 7.34. The number of aromatic nitrogens is 2. The van der Waals surface area contributed by atoms with E-state index in [-0.39, 0.29) is 5.91 Å². The molecule has 102 valence electrons. The molecular formula is C14H12ClN3OS. The molecule has 1 amide bonds. The van der Waals surface area contributed by atoms with E-state index in [1.807, 2.05) is 19.1 Å². The molecule has 0 spiro atoms. The first-order valence-corrected chi connectivity index (χ1v) is 7.23. The molecule has 6 heteroatoms. The maximum atomic E-state index is 12.2. The Kier molecular flexibility index (Phi) is 3.23. The van der Waals surface area contributed by atoms with E-state index in [4.69, 9.17) is 11.6 Å². The number of hydrogen-bond acceptors (Lipinski definition) is 3. The van der Waals surface area contributed by atoms with Crippen LogP contribution in [0, 0.1) is 6.92 Å². The van der Waals surface area contributed by atoms with Crippen molar-refractivity contribution in [1.82, 2.24) is 9.55 Å². The maximum absolute atomic E-state index is 12.2. The zero-order valence-electron chi connectivity index (χ0n) is 11.0. The monoisotopic (exact) mass is 305 g/mol.